The van der Waals surface area contributed by atoms with E-state index in [1.807, 2.05) is 48.6 Å². The second-order valence-corrected chi connectivity index (χ2v) is 6.93. The number of aryl methyl sites for hydroxylation is 2. The molecule has 0 radical (unpaired) electrons. The number of unbranched alkanes of at least 4 members (excludes halogenated alkanes) is 1. The van der Waals surface area contributed by atoms with E-state index in [-0.39, 0.29) is 0 Å². The van der Waals surface area contributed by atoms with Gasteiger partial charge in [0, 0.05) is 11.3 Å². The molecule has 27 heavy (non-hydrogen) atoms. The lowest BCUT2D eigenvalue weighted by atomic mass is 10.2. The topological polar surface area (TPSA) is 65.2 Å². The van der Waals surface area contributed by atoms with Crippen molar-refractivity contribution in [1.29, 1.82) is 0 Å². The average Bonchev–Trinajstić information content (AvgIpc) is 3.10. The predicted molar refractivity (Wildman–Crippen MR) is 106 cm³/mol. The van der Waals surface area contributed by atoms with E-state index in [4.69, 9.17) is 16.3 Å². The zero-order valence-corrected chi connectivity index (χ0v) is 16.3. The summed E-state index contributed by atoms with van der Waals surface area (Å²) in [6, 6.07) is 9.51. The van der Waals surface area contributed by atoms with E-state index in [1.165, 1.54) is 0 Å². The molecule has 0 aliphatic rings. The molecule has 1 aromatic carbocycles. The van der Waals surface area contributed by atoms with Crippen molar-refractivity contribution in [3.05, 3.63) is 46.7 Å². The molecule has 138 valence electrons. The summed E-state index contributed by atoms with van der Waals surface area (Å²) in [5.41, 5.74) is 4.62. The highest BCUT2D eigenvalue weighted by molar-refractivity contribution is 6.33. The van der Waals surface area contributed by atoms with Gasteiger partial charge in [-0.15, -0.1) is 10.2 Å². The third-order valence-corrected chi connectivity index (χ3v) is 4.76. The van der Waals surface area contributed by atoms with E-state index in [0.29, 0.717) is 28.7 Å². The van der Waals surface area contributed by atoms with E-state index < -0.39 is 0 Å². The van der Waals surface area contributed by atoms with Crippen molar-refractivity contribution < 1.29 is 4.74 Å². The fourth-order valence-corrected chi connectivity index (χ4v) is 3.21. The maximum Gasteiger partial charge on any atom is 0.184 e. The molecule has 0 spiro atoms. The summed E-state index contributed by atoms with van der Waals surface area (Å²) in [4.78, 5) is 9.26. The lowest BCUT2D eigenvalue weighted by Gasteiger charge is -2.10. The number of hydrogen-bond donors (Lipinski definition) is 0. The Morgan fingerprint density at radius 1 is 1.04 bits per heavy atom. The van der Waals surface area contributed by atoms with Crippen LogP contribution in [-0.4, -0.2) is 31.2 Å². The van der Waals surface area contributed by atoms with Crippen molar-refractivity contribution in [2.75, 3.05) is 6.61 Å². The number of halogens is 1. The van der Waals surface area contributed by atoms with Crippen LogP contribution in [0.25, 0.3) is 28.2 Å². The summed E-state index contributed by atoms with van der Waals surface area (Å²) in [5, 5.41) is 9.31. The first-order valence-corrected chi connectivity index (χ1v) is 9.38. The number of rotatable bonds is 5. The Labute approximate surface area is 162 Å². The summed E-state index contributed by atoms with van der Waals surface area (Å²) in [6.45, 7) is 6.67. The summed E-state index contributed by atoms with van der Waals surface area (Å²) < 4.78 is 7.76. The van der Waals surface area contributed by atoms with Crippen molar-refractivity contribution in [1.82, 2.24) is 24.6 Å². The number of benzene rings is 1. The van der Waals surface area contributed by atoms with E-state index >= 15 is 0 Å². The quantitative estimate of drug-likeness (QED) is 0.465. The molecule has 0 atom stereocenters. The van der Waals surface area contributed by atoms with Gasteiger partial charge in [0.25, 0.3) is 0 Å². The predicted octanol–water partition coefficient (Wildman–Crippen LogP) is 4.79. The molecular weight excluding hydrogens is 362 g/mol. The van der Waals surface area contributed by atoms with Gasteiger partial charge in [0.1, 0.15) is 11.3 Å². The molecule has 6 nitrogen and oxygen atoms in total. The monoisotopic (exact) mass is 381 g/mol. The van der Waals surface area contributed by atoms with Crippen molar-refractivity contribution in [3.63, 3.8) is 0 Å². The summed E-state index contributed by atoms with van der Waals surface area (Å²) in [5.74, 6) is 1.39. The summed E-state index contributed by atoms with van der Waals surface area (Å²) >= 11 is 6.50. The molecule has 3 heterocycles. The van der Waals surface area contributed by atoms with Gasteiger partial charge in [-0.05, 0) is 50.6 Å². The molecule has 0 amide bonds. The highest BCUT2D eigenvalue weighted by Crippen LogP contribution is 2.32. The van der Waals surface area contributed by atoms with Gasteiger partial charge in [0.2, 0.25) is 0 Å². The highest BCUT2D eigenvalue weighted by atomic mass is 35.5. The summed E-state index contributed by atoms with van der Waals surface area (Å²) in [6.07, 6.45) is 2.09. The van der Waals surface area contributed by atoms with E-state index in [2.05, 4.69) is 27.1 Å². The lowest BCUT2D eigenvalue weighted by Crippen LogP contribution is -2.01. The maximum atomic E-state index is 6.50. The fraction of sp³-hybridized carbons (Fsp3) is 0.300. The summed E-state index contributed by atoms with van der Waals surface area (Å²) in [7, 11) is 0. The van der Waals surface area contributed by atoms with Gasteiger partial charge >= 0.3 is 0 Å². The molecule has 0 fully saturated rings. The molecule has 0 saturated heterocycles. The number of aromatic nitrogens is 5. The van der Waals surface area contributed by atoms with Gasteiger partial charge in [0.05, 0.1) is 17.3 Å². The molecule has 0 unspecified atom stereocenters. The number of hydrogen-bond acceptors (Lipinski definition) is 5. The van der Waals surface area contributed by atoms with E-state index in [9.17, 15) is 0 Å². The third kappa shape index (κ3) is 3.21. The van der Waals surface area contributed by atoms with Crippen LogP contribution >= 0.6 is 11.6 Å². The van der Waals surface area contributed by atoms with Gasteiger partial charge in [-0.1, -0.05) is 24.9 Å². The van der Waals surface area contributed by atoms with Crippen LogP contribution in [-0.2, 0) is 0 Å². The van der Waals surface area contributed by atoms with Gasteiger partial charge in [-0.25, -0.2) is 9.97 Å². The SMILES string of the molecule is CCCCOc1ccc(Cl)c(-c2nnc3c(C)nc4ccc(C)nc4n23)c1. The molecule has 0 aliphatic heterocycles. The van der Waals surface area contributed by atoms with Crippen molar-refractivity contribution in [2.24, 2.45) is 0 Å². The van der Waals surface area contributed by atoms with Crippen LogP contribution < -0.4 is 4.74 Å². The average molecular weight is 382 g/mol. The van der Waals surface area contributed by atoms with Crippen LogP contribution in [0.1, 0.15) is 31.2 Å². The van der Waals surface area contributed by atoms with Crippen LogP contribution in [0.2, 0.25) is 5.02 Å². The number of nitrogens with zero attached hydrogens (tertiary/aromatic N) is 5. The fourth-order valence-electron chi connectivity index (χ4n) is 3.01. The minimum absolute atomic E-state index is 0.586. The van der Waals surface area contributed by atoms with Crippen LogP contribution in [0.4, 0.5) is 0 Å². The maximum absolute atomic E-state index is 6.50. The zero-order chi connectivity index (χ0) is 19.0. The Bertz CT molecular complexity index is 1140. The molecular formula is C20H20ClN5O. The molecule has 0 aliphatic carbocycles. The Morgan fingerprint density at radius 3 is 2.70 bits per heavy atom. The van der Waals surface area contributed by atoms with Crippen molar-refractivity contribution in [3.8, 4) is 17.1 Å². The number of fused-ring (bicyclic) bond motifs is 3. The highest BCUT2D eigenvalue weighted by Gasteiger charge is 2.18. The van der Waals surface area contributed by atoms with E-state index in [0.717, 1.165) is 41.1 Å². The van der Waals surface area contributed by atoms with Crippen LogP contribution in [0.3, 0.4) is 0 Å². The molecule has 4 aromatic rings. The number of pyridine rings is 1. The number of ether oxygens (including phenoxy) is 1. The lowest BCUT2D eigenvalue weighted by molar-refractivity contribution is 0.309. The van der Waals surface area contributed by atoms with Gasteiger partial charge in [-0.3, -0.25) is 4.40 Å². The molecule has 3 aromatic heterocycles. The first-order valence-electron chi connectivity index (χ1n) is 9.00. The van der Waals surface area contributed by atoms with Crippen LogP contribution in [0, 0.1) is 13.8 Å². The van der Waals surface area contributed by atoms with Gasteiger partial charge < -0.3 is 4.74 Å². The minimum atomic E-state index is 0.586. The molecule has 0 bridgehead atoms. The van der Waals surface area contributed by atoms with Gasteiger partial charge in [0.15, 0.2) is 17.1 Å². The molecule has 4 rings (SSSR count). The van der Waals surface area contributed by atoms with Gasteiger partial charge in [-0.2, -0.15) is 0 Å². The zero-order valence-electron chi connectivity index (χ0n) is 15.5. The Morgan fingerprint density at radius 2 is 1.89 bits per heavy atom. The Kier molecular flexibility index (Phi) is 4.66. The minimum Gasteiger partial charge on any atom is -0.494 e. The molecule has 0 N–H and O–H groups in total. The largest absolute Gasteiger partial charge is 0.494 e. The Hall–Kier alpha value is -2.73. The van der Waals surface area contributed by atoms with Crippen LogP contribution in [0.15, 0.2) is 30.3 Å². The van der Waals surface area contributed by atoms with E-state index in [1.54, 1.807) is 0 Å². The van der Waals surface area contributed by atoms with Crippen molar-refractivity contribution in [2.45, 2.75) is 33.6 Å². The van der Waals surface area contributed by atoms with Crippen LogP contribution in [0.5, 0.6) is 5.75 Å². The normalized spacial score (nSPS) is 11.4. The smallest absolute Gasteiger partial charge is 0.184 e. The standard InChI is InChI=1S/C20H20ClN5O/c1-4-5-10-27-14-7-8-16(21)15(11-14)19-25-24-18-13(3)23-17-9-6-12(2)22-20(17)26(18)19/h6-9,11H,4-5,10H2,1-3H3. The first-order chi connectivity index (χ1) is 13.1. The third-order valence-electron chi connectivity index (χ3n) is 4.43. The van der Waals surface area contributed by atoms with Crippen molar-refractivity contribution >= 4 is 28.4 Å². The first kappa shape index (κ1) is 17.7. The second-order valence-electron chi connectivity index (χ2n) is 6.52. The Balaban J connectivity index is 1.93. The second kappa shape index (κ2) is 7.12. The molecule has 7 heteroatoms. The molecule has 0 saturated carbocycles.